The first-order valence-corrected chi connectivity index (χ1v) is 7.71. The van der Waals surface area contributed by atoms with Crippen LogP contribution in [0, 0.1) is 6.92 Å². The lowest BCUT2D eigenvalue weighted by Crippen LogP contribution is -2.00. The molecule has 1 aromatic carbocycles. The molecule has 3 rings (SSSR count). The van der Waals surface area contributed by atoms with Gasteiger partial charge in [-0.05, 0) is 31.2 Å². The lowest BCUT2D eigenvalue weighted by molar-refractivity contribution is 0.0665. The molecule has 22 heavy (non-hydrogen) atoms. The van der Waals surface area contributed by atoms with Gasteiger partial charge in [0.2, 0.25) is 11.5 Å². The van der Waals surface area contributed by atoms with E-state index >= 15 is 0 Å². The van der Waals surface area contributed by atoms with Crippen molar-refractivity contribution in [3.05, 3.63) is 55.4 Å². The zero-order valence-electron chi connectivity index (χ0n) is 11.1. The SMILES string of the molecule is Cc1ccc(C(=O)c2cc3cc(C(=O)O)oc3c(Cl)c2Cl)s1. The predicted octanol–water partition coefficient (Wildman–Crippen LogP) is 5.04. The van der Waals surface area contributed by atoms with Gasteiger partial charge in [-0.15, -0.1) is 11.3 Å². The quantitative estimate of drug-likeness (QED) is 0.669. The molecule has 0 unspecified atom stereocenters. The molecule has 0 fully saturated rings. The number of aromatic carboxylic acids is 1. The summed E-state index contributed by atoms with van der Waals surface area (Å²) < 4.78 is 5.16. The van der Waals surface area contributed by atoms with Crippen molar-refractivity contribution < 1.29 is 19.1 Å². The maximum Gasteiger partial charge on any atom is 0.371 e. The van der Waals surface area contributed by atoms with E-state index in [-0.39, 0.29) is 32.7 Å². The van der Waals surface area contributed by atoms with E-state index in [9.17, 15) is 9.59 Å². The van der Waals surface area contributed by atoms with Crippen LogP contribution in [0.25, 0.3) is 11.0 Å². The average molecular weight is 355 g/mol. The van der Waals surface area contributed by atoms with Gasteiger partial charge >= 0.3 is 5.97 Å². The molecule has 3 aromatic rings. The van der Waals surface area contributed by atoms with Crippen molar-refractivity contribution in [3.8, 4) is 0 Å². The van der Waals surface area contributed by atoms with Gasteiger partial charge in [0.1, 0.15) is 5.02 Å². The van der Waals surface area contributed by atoms with E-state index in [0.717, 1.165) is 4.88 Å². The zero-order valence-corrected chi connectivity index (χ0v) is 13.5. The number of fused-ring (bicyclic) bond motifs is 1. The van der Waals surface area contributed by atoms with E-state index in [1.54, 1.807) is 6.07 Å². The van der Waals surface area contributed by atoms with Crippen LogP contribution in [-0.4, -0.2) is 16.9 Å². The normalized spacial score (nSPS) is 11.0. The Hall–Kier alpha value is -1.82. The topological polar surface area (TPSA) is 67.5 Å². The number of carbonyl (C=O) groups excluding carboxylic acids is 1. The standard InChI is InChI=1S/C15H8Cl2O4S/c1-6-2-3-10(22-6)13(18)8-4-7-5-9(15(19)20)21-14(7)12(17)11(8)16/h2-5H,1H3,(H,19,20). The number of aryl methyl sites for hydroxylation is 1. The third-order valence-electron chi connectivity index (χ3n) is 3.11. The molecule has 2 heterocycles. The van der Waals surface area contributed by atoms with E-state index in [0.29, 0.717) is 10.3 Å². The van der Waals surface area contributed by atoms with E-state index in [2.05, 4.69) is 0 Å². The lowest BCUT2D eigenvalue weighted by Gasteiger charge is -2.04. The van der Waals surface area contributed by atoms with Crippen LogP contribution in [0.1, 0.15) is 30.7 Å². The minimum Gasteiger partial charge on any atom is -0.475 e. The number of hydrogen-bond donors (Lipinski definition) is 1. The minimum absolute atomic E-state index is 0.0308. The summed E-state index contributed by atoms with van der Waals surface area (Å²) in [5.41, 5.74) is 0.377. The molecule has 0 atom stereocenters. The predicted molar refractivity (Wildman–Crippen MR) is 85.7 cm³/mol. The number of carbonyl (C=O) groups is 2. The summed E-state index contributed by atoms with van der Waals surface area (Å²) in [6.45, 7) is 1.90. The van der Waals surface area contributed by atoms with Crippen LogP contribution in [0.2, 0.25) is 10.0 Å². The maximum atomic E-state index is 12.5. The fourth-order valence-electron chi connectivity index (χ4n) is 2.08. The highest BCUT2D eigenvalue weighted by Gasteiger charge is 2.22. The molecular formula is C15H8Cl2O4S. The highest BCUT2D eigenvalue weighted by atomic mass is 35.5. The van der Waals surface area contributed by atoms with Crippen molar-refractivity contribution >= 4 is 57.3 Å². The number of rotatable bonds is 3. The maximum absolute atomic E-state index is 12.5. The van der Waals surface area contributed by atoms with Crippen molar-refractivity contribution in [3.63, 3.8) is 0 Å². The van der Waals surface area contributed by atoms with Gasteiger partial charge in [-0.3, -0.25) is 4.79 Å². The molecule has 7 heteroatoms. The van der Waals surface area contributed by atoms with Crippen molar-refractivity contribution in [2.24, 2.45) is 0 Å². The highest BCUT2D eigenvalue weighted by Crippen LogP contribution is 2.37. The summed E-state index contributed by atoms with van der Waals surface area (Å²) in [6, 6.07) is 6.37. The Balaban J connectivity index is 2.20. The summed E-state index contributed by atoms with van der Waals surface area (Å²) in [6.07, 6.45) is 0. The lowest BCUT2D eigenvalue weighted by atomic mass is 10.1. The molecule has 112 valence electrons. The number of furan rings is 1. The first-order valence-electron chi connectivity index (χ1n) is 6.14. The largest absolute Gasteiger partial charge is 0.475 e. The first kappa shape index (κ1) is 15.1. The number of hydrogen-bond acceptors (Lipinski definition) is 4. The number of benzene rings is 1. The van der Waals surface area contributed by atoms with Crippen molar-refractivity contribution in [1.82, 2.24) is 0 Å². The molecule has 0 amide bonds. The molecule has 0 saturated carbocycles. The Morgan fingerprint density at radius 1 is 1.18 bits per heavy atom. The fraction of sp³-hybridized carbons (Fsp3) is 0.0667. The highest BCUT2D eigenvalue weighted by molar-refractivity contribution is 7.14. The zero-order chi connectivity index (χ0) is 16.0. The van der Waals surface area contributed by atoms with Gasteiger partial charge in [-0.2, -0.15) is 0 Å². The van der Waals surface area contributed by atoms with Crippen LogP contribution in [0.4, 0.5) is 0 Å². The van der Waals surface area contributed by atoms with Crippen molar-refractivity contribution in [2.45, 2.75) is 6.92 Å². The van der Waals surface area contributed by atoms with Gasteiger partial charge in [-0.25, -0.2) is 4.79 Å². The number of thiophene rings is 1. The van der Waals surface area contributed by atoms with Gasteiger partial charge in [-0.1, -0.05) is 23.2 Å². The Bertz CT molecular complexity index is 923. The molecule has 0 spiro atoms. The van der Waals surface area contributed by atoms with E-state index in [1.165, 1.54) is 23.5 Å². The van der Waals surface area contributed by atoms with Gasteiger partial charge in [0.15, 0.2) is 5.58 Å². The molecule has 0 saturated heterocycles. The summed E-state index contributed by atoms with van der Waals surface area (Å²) in [5, 5.41) is 9.47. The number of ketones is 1. The molecule has 0 aliphatic heterocycles. The Morgan fingerprint density at radius 2 is 1.91 bits per heavy atom. The number of carboxylic acids is 1. The van der Waals surface area contributed by atoms with Gasteiger partial charge < -0.3 is 9.52 Å². The monoisotopic (exact) mass is 354 g/mol. The second-order valence-corrected chi connectivity index (χ2v) is 6.67. The van der Waals surface area contributed by atoms with Crippen molar-refractivity contribution in [2.75, 3.05) is 0 Å². The van der Waals surface area contributed by atoms with Crippen LogP contribution in [-0.2, 0) is 0 Å². The molecule has 1 N–H and O–H groups in total. The Kier molecular flexibility index (Phi) is 3.72. The van der Waals surface area contributed by atoms with Crippen LogP contribution in [0.15, 0.2) is 28.7 Å². The van der Waals surface area contributed by atoms with E-state index in [1.807, 2.05) is 13.0 Å². The van der Waals surface area contributed by atoms with E-state index < -0.39 is 5.97 Å². The smallest absolute Gasteiger partial charge is 0.371 e. The Morgan fingerprint density at radius 3 is 2.50 bits per heavy atom. The molecule has 0 aliphatic carbocycles. The molecule has 0 radical (unpaired) electrons. The van der Waals surface area contributed by atoms with Gasteiger partial charge in [0, 0.05) is 15.8 Å². The van der Waals surface area contributed by atoms with Crippen LogP contribution in [0.3, 0.4) is 0 Å². The molecule has 0 aliphatic rings. The second kappa shape index (κ2) is 5.43. The number of carboxylic acid groups (broad SMARTS) is 1. The summed E-state index contributed by atoms with van der Waals surface area (Å²) in [4.78, 5) is 25.1. The summed E-state index contributed by atoms with van der Waals surface area (Å²) in [5.74, 6) is -1.74. The third-order valence-corrected chi connectivity index (χ3v) is 4.96. The van der Waals surface area contributed by atoms with E-state index in [4.69, 9.17) is 32.7 Å². The van der Waals surface area contributed by atoms with Crippen LogP contribution in [0.5, 0.6) is 0 Å². The Labute approximate surface area is 138 Å². The fourth-order valence-corrected chi connectivity index (χ4v) is 3.38. The van der Waals surface area contributed by atoms with Crippen molar-refractivity contribution in [1.29, 1.82) is 0 Å². The minimum atomic E-state index is -1.22. The van der Waals surface area contributed by atoms with Gasteiger partial charge in [0.05, 0.1) is 9.90 Å². The van der Waals surface area contributed by atoms with Gasteiger partial charge in [0.25, 0.3) is 0 Å². The van der Waals surface area contributed by atoms with Crippen LogP contribution < -0.4 is 0 Å². The molecule has 0 bridgehead atoms. The summed E-state index contributed by atoms with van der Waals surface area (Å²) in [7, 11) is 0. The molecule has 2 aromatic heterocycles. The number of halogens is 2. The average Bonchev–Trinajstić information content (AvgIpc) is 3.08. The third kappa shape index (κ3) is 2.41. The second-order valence-electron chi connectivity index (χ2n) is 4.63. The molecule has 4 nitrogen and oxygen atoms in total. The summed E-state index contributed by atoms with van der Waals surface area (Å²) >= 11 is 13.6. The van der Waals surface area contributed by atoms with Crippen LogP contribution >= 0.6 is 34.5 Å². The molecular weight excluding hydrogens is 347 g/mol. The first-order chi connectivity index (χ1) is 10.4.